The van der Waals surface area contributed by atoms with Crippen LogP contribution in [0.1, 0.15) is 10.6 Å². The molecule has 0 aliphatic rings. The molecule has 0 amide bonds. The summed E-state index contributed by atoms with van der Waals surface area (Å²) in [7, 11) is 0. The summed E-state index contributed by atoms with van der Waals surface area (Å²) in [6.45, 7) is 0. The van der Waals surface area contributed by atoms with Crippen molar-refractivity contribution in [3.05, 3.63) is 64.8 Å². The minimum atomic E-state index is -0.501. The molecule has 19 heavy (non-hydrogen) atoms. The molecule has 3 nitrogen and oxygen atoms in total. The lowest BCUT2D eigenvalue weighted by molar-refractivity contribution is 0.0704. The van der Waals surface area contributed by atoms with E-state index in [4.69, 9.17) is 9.15 Å². The molecule has 0 unspecified atom stereocenters. The average molecular weight is 317 g/mol. The molecule has 0 radical (unpaired) electrons. The summed E-state index contributed by atoms with van der Waals surface area (Å²) >= 11 is 3.37. The number of hydrogen-bond donors (Lipinski definition) is 0. The van der Waals surface area contributed by atoms with E-state index in [1.165, 1.54) is 0 Å². The van der Waals surface area contributed by atoms with Gasteiger partial charge in [-0.25, -0.2) is 4.79 Å². The van der Waals surface area contributed by atoms with E-state index in [0.717, 1.165) is 9.86 Å². The van der Waals surface area contributed by atoms with Gasteiger partial charge in [-0.2, -0.15) is 0 Å². The molecular formula is C15H9BrO3. The highest BCUT2D eigenvalue weighted by Crippen LogP contribution is 2.24. The van der Waals surface area contributed by atoms with E-state index in [-0.39, 0.29) is 5.76 Å². The van der Waals surface area contributed by atoms with Crippen molar-refractivity contribution in [2.45, 2.75) is 0 Å². The number of furan rings is 1. The van der Waals surface area contributed by atoms with Crippen LogP contribution in [0, 0.1) is 0 Å². The zero-order chi connectivity index (χ0) is 13.2. The standard InChI is InChI=1S/C15H9BrO3/c16-11-6-7-13-10(8-11)9-14(19-13)15(17)18-12-4-2-1-3-5-12/h1-9H. The van der Waals surface area contributed by atoms with Gasteiger partial charge in [-0.05, 0) is 36.4 Å². The van der Waals surface area contributed by atoms with Crippen LogP contribution in [0.5, 0.6) is 5.75 Å². The molecule has 0 aliphatic heterocycles. The number of hydrogen-bond acceptors (Lipinski definition) is 3. The quantitative estimate of drug-likeness (QED) is 0.519. The third-order valence-corrected chi connectivity index (χ3v) is 3.13. The summed E-state index contributed by atoms with van der Waals surface area (Å²) in [6, 6.07) is 16.1. The van der Waals surface area contributed by atoms with Gasteiger partial charge >= 0.3 is 5.97 Å². The van der Waals surface area contributed by atoms with Crippen LogP contribution in [-0.4, -0.2) is 5.97 Å². The number of carbonyl (C=O) groups is 1. The molecule has 1 heterocycles. The Morgan fingerprint density at radius 2 is 1.84 bits per heavy atom. The highest BCUT2D eigenvalue weighted by molar-refractivity contribution is 9.10. The molecule has 4 heteroatoms. The smallest absolute Gasteiger partial charge is 0.379 e. The average Bonchev–Trinajstić information content (AvgIpc) is 2.83. The summed E-state index contributed by atoms with van der Waals surface area (Å²) in [5.74, 6) is 0.185. The number of ether oxygens (including phenoxy) is 1. The summed E-state index contributed by atoms with van der Waals surface area (Å²) in [5, 5.41) is 0.856. The molecule has 0 atom stereocenters. The molecule has 0 bridgehead atoms. The van der Waals surface area contributed by atoms with Crippen molar-refractivity contribution >= 4 is 32.9 Å². The predicted octanol–water partition coefficient (Wildman–Crippen LogP) is 4.41. The van der Waals surface area contributed by atoms with Crippen LogP contribution >= 0.6 is 15.9 Å². The first-order valence-corrected chi connectivity index (χ1v) is 6.48. The fourth-order valence-electron chi connectivity index (χ4n) is 1.76. The Balaban J connectivity index is 1.89. The highest BCUT2D eigenvalue weighted by atomic mass is 79.9. The molecule has 0 saturated heterocycles. The van der Waals surface area contributed by atoms with Crippen molar-refractivity contribution < 1.29 is 13.9 Å². The summed E-state index contributed by atoms with van der Waals surface area (Å²) < 4.78 is 11.6. The number of halogens is 1. The number of carbonyl (C=O) groups excluding carboxylic acids is 1. The van der Waals surface area contributed by atoms with Gasteiger partial charge in [0.15, 0.2) is 0 Å². The molecule has 1 aromatic heterocycles. The van der Waals surface area contributed by atoms with Crippen molar-refractivity contribution in [3.8, 4) is 5.75 Å². The van der Waals surface area contributed by atoms with Gasteiger partial charge in [-0.15, -0.1) is 0 Å². The number of fused-ring (bicyclic) bond motifs is 1. The number of benzene rings is 2. The number of para-hydroxylation sites is 1. The number of esters is 1. The van der Waals surface area contributed by atoms with Gasteiger partial charge < -0.3 is 9.15 Å². The Hall–Kier alpha value is -2.07. The minimum absolute atomic E-state index is 0.192. The van der Waals surface area contributed by atoms with Crippen LogP contribution < -0.4 is 4.74 Å². The monoisotopic (exact) mass is 316 g/mol. The van der Waals surface area contributed by atoms with Gasteiger partial charge in [0.1, 0.15) is 11.3 Å². The predicted molar refractivity (Wildman–Crippen MR) is 75.3 cm³/mol. The minimum Gasteiger partial charge on any atom is -0.449 e. The molecule has 0 N–H and O–H groups in total. The largest absolute Gasteiger partial charge is 0.449 e. The van der Waals surface area contributed by atoms with Crippen molar-refractivity contribution in [3.63, 3.8) is 0 Å². The first kappa shape index (κ1) is 12.0. The van der Waals surface area contributed by atoms with E-state index in [1.807, 2.05) is 18.2 Å². The molecule has 0 saturated carbocycles. The van der Waals surface area contributed by atoms with Crippen LogP contribution in [0.4, 0.5) is 0 Å². The Bertz CT molecular complexity index is 731. The lowest BCUT2D eigenvalue weighted by Gasteiger charge is -2.00. The fourth-order valence-corrected chi connectivity index (χ4v) is 2.14. The normalized spacial score (nSPS) is 10.6. The first-order valence-electron chi connectivity index (χ1n) is 5.69. The zero-order valence-electron chi connectivity index (χ0n) is 9.80. The van der Waals surface area contributed by atoms with Gasteiger partial charge in [0, 0.05) is 9.86 Å². The van der Waals surface area contributed by atoms with E-state index in [1.54, 1.807) is 36.4 Å². The van der Waals surface area contributed by atoms with Crippen molar-refractivity contribution in [2.75, 3.05) is 0 Å². The van der Waals surface area contributed by atoms with Crippen LogP contribution in [-0.2, 0) is 0 Å². The van der Waals surface area contributed by atoms with Gasteiger partial charge in [0.25, 0.3) is 0 Å². The SMILES string of the molecule is O=C(Oc1ccccc1)c1cc2cc(Br)ccc2o1. The van der Waals surface area contributed by atoms with Crippen molar-refractivity contribution in [1.29, 1.82) is 0 Å². The molecule has 0 aliphatic carbocycles. The van der Waals surface area contributed by atoms with E-state index < -0.39 is 5.97 Å². The molecule has 2 aromatic carbocycles. The summed E-state index contributed by atoms with van der Waals surface area (Å²) in [5.41, 5.74) is 0.656. The Morgan fingerprint density at radius 3 is 2.63 bits per heavy atom. The number of rotatable bonds is 2. The third-order valence-electron chi connectivity index (χ3n) is 2.63. The molecule has 0 fully saturated rings. The Kier molecular flexibility index (Phi) is 3.09. The second-order valence-corrected chi connectivity index (χ2v) is 4.91. The Labute approximate surface area is 117 Å². The molecule has 0 spiro atoms. The second kappa shape index (κ2) is 4.90. The van der Waals surface area contributed by atoms with Crippen LogP contribution in [0.25, 0.3) is 11.0 Å². The topological polar surface area (TPSA) is 39.4 Å². The maximum atomic E-state index is 11.9. The van der Waals surface area contributed by atoms with E-state index >= 15 is 0 Å². The lowest BCUT2D eigenvalue weighted by Crippen LogP contribution is -2.06. The van der Waals surface area contributed by atoms with Gasteiger partial charge in [-0.3, -0.25) is 0 Å². The summed E-state index contributed by atoms with van der Waals surface area (Å²) in [6.07, 6.45) is 0. The van der Waals surface area contributed by atoms with Crippen molar-refractivity contribution in [1.82, 2.24) is 0 Å². The van der Waals surface area contributed by atoms with Gasteiger partial charge in [0.05, 0.1) is 0 Å². The van der Waals surface area contributed by atoms with Crippen LogP contribution in [0.3, 0.4) is 0 Å². The molecule has 94 valence electrons. The maximum absolute atomic E-state index is 11.9. The van der Waals surface area contributed by atoms with E-state index in [0.29, 0.717) is 11.3 Å². The van der Waals surface area contributed by atoms with E-state index in [2.05, 4.69) is 15.9 Å². The summed E-state index contributed by atoms with van der Waals surface area (Å²) in [4.78, 5) is 11.9. The third kappa shape index (κ3) is 2.53. The second-order valence-electron chi connectivity index (χ2n) is 4.00. The molecule has 3 aromatic rings. The fraction of sp³-hybridized carbons (Fsp3) is 0. The van der Waals surface area contributed by atoms with Crippen molar-refractivity contribution in [2.24, 2.45) is 0 Å². The Morgan fingerprint density at radius 1 is 1.05 bits per heavy atom. The first-order chi connectivity index (χ1) is 9.22. The highest BCUT2D eigenvalue weighted by Gasteiger charge is 2.14. The lowest BCUT2D eigenvalue weighted by atomic mass is 10.2. The molecule has 3 rings (SSSR count). The van der Waals surface area contributed by atoms with Crippen LogP contribution in [0.15, 0.2) is 63.5 Å². The maximum Gasteiger partial charge on any atom is 0.379 e. The van der Waals surface area contributed by atoms with E-state index in [9.17, 15) is 4.79 Å². The van der Waals surface area contributed by atoms with Gasteiger partial charge in [0.2, 0.25) is 5.76 Å². The zero-order valence-corrected chi connectivity index (χ0v) is 11.4. The van der Waals surface area contributed by atoms with Crippen LogP contribution in [0.2, 0.25) is 0 Å². The van der Waals surface area contributed by atoms with Gasteiger partial charge in [-0.1, -0.05) is 34.1 Å². The molecular weight excluding hydrogens is 308 g/mol.